The fourth-order valence-electron chi connectivity index (χ4n) is 2.79. The molecule has 8 nitrogen and oxygen atoms in total. The number of rotatable bonds is 7. The molecule has 32 heavy (non-hydrogen) atoms. The van der Waals surface area contributed by atoms with Crippen LogP contribution >= 0.6 is 11.6 Å². The summed E-state index contributed by atoms with van der Waals surface area (Å²) in [4.78, 5) is 24.5. The van der Waals surface area contributed by atoms with Gasteiger partial charge in [-0.2, -0.15) is 4.31 Å². The lowest BCUT2D eigenvalue weighted by Crippen LogP contribution is -2.30. The molecule has 0 radical (unpaired) electrons. The molecule has 2 aromatic carbocycles. The summed E-state index contributed by atoms with van der Waals surface area (Å²) in [6.07, 6.45) is -0.604. The van der Waals surface area contributed by atoms with Crippen molar-refractivity contribution < 1.29 is 22.7 Å². The standard InChI is InChI=1S/C22H28ClN3O5S/c1-6-26(7-2)32(29,30)17-12-13-18(23)19(14-17)25-20(27)15-8-10-16(11-9-15)24-21(28)31-22(3,4)5/h8-14H,6-7H2,1-5H3,(H,24,28)(H,25,27). The summed E-state index contributed by atoms with van der Waals surface area (Å²) >= 11 is 6.18. The van der Waals surface area contributed by atoms with Gasteiger partial charge in [0, 0.05) is 24.3 Å². The molecule has 0 heterocycles. The van der Waals surface area contributed by atoms with Crippen molar-refractivity contribution in [2.24, 2.45) is 0 Å². The van der Waals surface area contributed by atoms with Crippen LogP contribution in [0, 0.1) is 0 Å². The summed E-state index contributed by atoms with van der Waals surface area (Å²) in [7, 11) is -3.70. The van der Waals surface area contributed by atoms with E-state index in [-0.39, 0.29) is 15.6 Å². The zero-order valence-electron chi connectivity index (χ0n) is 18.7. The summed E-state index contributed by atoms with van der Waals surface area (Å²) in [6.45, 7) is 9.43. The van der Waals surface area contributed by atoms with E-state index in [9.17, 15) is 18.0 Å². The summed E-state index contributed by atoms with van der Waals surface area (Å²) in [5.74, 6) is -0.479. The van der Waals surface area contributed by atoms with Crippen molar-refractivity contribution in [3.8, 4) is 0 Å². The van der Waals surface area contributed by atoms with Crippen molar-refractivity contribution in [1.29, 1.82) is 0 Å². The van der Waals surface area contributed by atoms with Crippen LogP contribution in [0.2, 0.25) is 5.02 Å². The first kappa shape index (κ1) is 25.6. The molecule has 174 valence electrons. The molecule has 2 aromatic rings. The van der Waals surface area contributed by atoms with Crippen LogP contribution in [0.25, 0.3) is 0 Å². The van der Waals surface area contributed by atoms with Gasteiger partial charge >= 0.3 is 6.09 Å². The molecular formula is C22H28ClN3O5S. The zero-order chi connectivity index (χ0) is 24.1. The highest BCUT2D eigenvalue weighted by atomic mass is 35.5. The normalized spacial score (nSPS) is 11.8. The largest absolute Gasteiger partial charge is 0.444 e. The molecule has 10 heteroatoms. The van der Waals surface area contributed by atoms with E-state index in [2.05, 4.69) is 10.6 Å². The number of benzene rings is 2. The van der Waals surface area contributed by atoms with Crippen LogP contribution in [0.3, 0.4) is 0 Å². The van der Waals surface area contributed by atoms with Crippen LogP contribution < -0.4 is 10.6 Å². The molecule has 0 unspecified atom stereocenters. The van der Waals surface area contributed by atoms with Crippen LogP contribution in [0.4, 0.5) is 16.2 Å². The first-order valence-electron chi connectivity index (χ1n) is 10.1. The summed E-state index contributed by atoms with van der Waals surface area (Å²) in [5, 5.41) is 5.43. The van der Waals surface area contributed by atoms with Crippen molar-refractivity contribution in [2.75, 3.05) is 23.7 Å². The van der Waals surface area contributed by atoms with Gasteiger partial charge in [0.15, 0.2) is 0 Å². The van der Waals surface area contributed by atoms with Crippen molar-refractivity contribution >= 4 is 45.0 Å². The number of hydrogen-bond donors (Lipinski definition) is 2. The lowest BCUT2D eigenvalue weighted by Gasteiger charge is -2.19. The number of nitrogens with zero attached hydrogens (tertiary/aromatic N) is 1. The Kier molecular flexibility index (Phi) is 8.28. The second kappa shape index (κ2) is 10.3. The highest BCUT2D eigenvalue weighted by Crippen LogP contribution is 2.27. The van der Waals surface area contributed by atoms with Gasteiger partial charge in [-0.3, -0.25) is 10.1 Å². The Morgan fingerprint density at radius 3 is 2.12 bits per heavy atom. The maximum atomic E-state index is 12.8. The Labute approximate surface area is 193 Å². The van der Waals surface area contributed by atoms with Gasteiger partial charge in [0.25, 0.3) is 5.91 Å². The average Bonchev–Trinajstić information content (AvgIpc) is 2.69. The van der Waals surface area contributed by atoms with Crippen LogP contribution in [0.15, 0.2) is 47.4 Å². The van der Waals surface area contributed by atoms with E-state index in [1.54, 1.807) is 46.8 Å². The third-order valence-electron chi connectivity index (χ3n) is 4.32. The minimum Gasteiger partial charge on any atom is -0.444 e. The van der Waals surface area contributed by atoms with Gasteiger partial charge in [-0.15, -0.1) is 0 Å². The molecule has 0 aliphatic rings. The predicted octanol–water partition coefficient (Wildman–Crippen LogP) is 4.97. The fourth-order valence-corrected chi connectivity index (χ4v) is 4.44. The molecule has 0 spiro atoms. The van der Waals surface area contributed by atoms with Crippen molar-refractivity contribution in [3.63, 3.8) is 0 Å². The van der Waals surface area contributed by atoms with Gasteiger partial charge in [0.05, 0.1) is 15.6 Å². The molecule has 2 N–H and O–H groups in total. The first-order valence-corrected chi connectivity index (χ1v) is 11.9. The number of nitrogens with one attached hydrogen (secondary N) is 2. The average molecular weight is 482 g/mol. The van der Waals surface area contributed by atoms with E-state index in [0.717, 1.165) is 0 Å². The minimum absolute atomic E-state index is 0.0396. The number of hydrogen-bond acceptors (Lipinski definition) is 5. The smallest absolute Gasteiger partial charge is 0.412 e. The molecule has 0 aliphatic heterocycles. The molecule has 0 aromatic heterocycles. The van der Waals surface area contributed by atoms with Gasteiger partial charge in [0.1, 0.15) is 5.60 Å². The van der Waals surface area contributed by atoms with E-state index in [4.69, 9.17) is 16.3 Å². The monoisotopic (exact) mass is 481 g/mol. The molecule has 0 fully saturated rings. The third kappa shape index (κ3) is 6.69. The lowest BCUT2D eigenvalue weighted by molar-refractivity contribution is 0.0635. The Balaban J connectivity index is 2.16. The van der Waals surface area contributed by atoms with Gasteiger partial charge in [-0.05, 0) is 63.2 Å². The second-order valence-corrected chi connectivity index (χ2v) is 10.2. The Bertz CT molecular complexity index is 1080. The summed E-state index contributed by atoms with van der Waals surface area (Å²) < 4.78 is 32.0. The van der Waals surface area contributed by atoms with Crippen LogP contribution in [-0.4, -0.2) is 43.4 Å². The molecule has 0 bridgehead atoms. The van der Waals surface area contributed by atoms with Crippen molar-refractivity contribution in [3.05, 3.63) is 53.1 Å². The van der Waals surface area contributed by atoms with E-state index < -0.39 is 27.6 Å². The quantitative estimate of drug-likeness (QED) is 0.580. The van der Waals surface area contributed by atoms with Gasteiger partial charge in [0.2, 0.25) is 10.0 Å². The van der Waals surface area contributed by atoms with Crippen molar-refractivity contribution in [2.45, 2.75) is 45.1 Å². The van der Waals surface area contributed by atoms with Crippen LogP contribution in [-0.2, 0) is 14.8 Å². The third-order valence-corrected chi connectivity index (χ3v) is 6.70. The molecule has 0 atom stereocenters. The van der Waals surface area contributed by atoms with Gasteiger partial charge in [-0.1, -0.05) is 25.4 Å². The lowest BCUT2D eigenvalue weighted by atomic mass is 10.2. The Morgan fingerprint density at radius 1 is 1.00 bits per heavy atom. The highest BCUT2D eigenvalue weighted by molar-refractivity contribution is 7.89. The highest BCUT2D eigenvalue weighted by Gasteiger charge is 2.23. The molecule has 0 saturated carbocycles. The maximum absolute atomic E-state index is 12.8. The number of anilines is 2. The molecule has 2 rings (SSSR count). The maximum Gasteiger partial charge on any atom is 0.412 e. The first-order chi connectivity index (χ1) is 14.9. The summed E-state index contributed by atoms with van der Waals surface area (Å²) in [5.41, 5.74) is 0.311. The van der Waals surface area contributed by atoms with E-state index in [0.29, 0.717) is 24.3 Å². The number of sulfonamides is 1. The van der Waals surface area contributed by atoms with Gasteiger partial charge < -0.3 is 10.1 Å². The number of halogens is 1. The molecule has 2 amide bonds. The zero-order valence-corrected chi connectivity index (χ0v) is 20.3. The second-order valence-electron chi connectivity index (χ2n) is 7.89. The molecular weight excluding hydrogens is 454 g/mol. The Morgan fingerprint density at radius 2 is 1.59 bits per heavy atom. The molecule has 0 saturated heterocycles. The van der Waals surface area contributed by atoms with E-state index in [1.165, 1.54) is 34.6 Å². The Hall–Kier alpha value is -2.62. The topological polar surface area (TPSA) is 105 Å². The minimum atomic E-state index is -3.70. The predicted molar refractivity (Wildman–Crippen MR) is 126 cm³/mol. The number of carbonyl (C=O) groups excluding carboxylic acids is 2. The van der Waals surface area contributed by atoms with E-state index in [1.807, 2.05) is 0 Å². The van der Waals surface area contributed by atoms with Crippen molar-refractivity contribution in [1.82, 2.24) is 4.31 Å². The number of carbonyl (C=O) groups is 2. The summed E-state index contributed by atoms with van der Waals surface area (Å²) in [6, 6.07) is 10.3. The number of ether oxygens (including phenoxy) is 1. The number of amides is 2. The van der Waals surface area contributed by atoms with Crippen LogP contribution in [0.5, 0.6) is 0 Å². The van der Waals surface area contributed by atoms with Gasteiger partial charge in [-0.25, -0.2) is 13.2 Å². The van der Waals surface area contributed by atoms with Crippen LogP contribution in [0.1, 0.15) is 45.0 Å². The van der Waals surface area contributed by atoms with E-state index >= 15 is 0 Å². The fraction of sp³-hybridized carbons (Fsp3) is 0.364. The SMILES string of the molecule is CCN(CC)S(=O)(=O)c1ccc(Cl)c(NC(=O)c2ccc(NC(=O)OC(C)(C)C)cc2)c1. The molecule has 0 aliphatic carbocycles.